The summed E-state index contributed by atoms with van der Waals surface area (Å²) in [6.07, 6.45) is 0.808. The summed E-state index contributed by atoms with van der Waals surface area (Å²) in [7, 11) is 0. The van der Waals surface area contributed by atoms with Gasteiger partial charge in [-0.2, -0.15) is 4.99 Å². The van der Waals surface area contributed by atoms with E-state index in [-0.39, 0.29) is 11.7 Å². The molecular weight excluding hydrogens is 371 g/mol. The molecule has 0 bridgehead atoms. The van der Waals surface area contributed by atoms with Crippen molar-refractivity contribution in [2.24, 2.45) is 4.99 Å². The van der Waals surface area contributed by atoms with E-state index in [1.165, 1.54) is 23.5 Å². The molecule has 0 saturated heterocycles. The van der Waals surface area contributed by atoms with Gasteiger partial charge in [0.05, 0.1) is 5.69 Å². The molecule has 3 aromatic rings. The van der Waals surface area contributed by atoms with Gasteiger partial charge in [0, 0.05) is 22.0 Å². The SMILES string of the molecule is CCc1sc(=NC(=O)c2ccc(Cl)cc2)n(CC)c1-c1ccc(F)cc1. The molecule has 0 aliphatic rings. The predicted octanol–water partition coefficient (Wildman–Crippen LogP) is 5.33. The molecule has 3 nitrogen and oxygen atoms in total. The van der Waals surface area contributed by atoms with Crippen molar-refractivity contribution in [3.8, 4) is 11.3 Å². The summed E-state index contributed by atoms with van der Waals surface area (Å²) >= 11 is 7.37. The number of hydrogen-bond donors (Lipinski definition) is 0. The zero-order valence-electron chi connectivity index (χ0n) is 14.5. The van der Waals surface area contributed by atoms with Crippen LogP contribution in [0.2, 0.25) is 5.02 Å². The smallest absolute Gasteiger partial charge is 0.279 e. The maximum absolute atomic E-state index is 13.3. The lowest BCUT2D eigenvalue weighted by Crippen LogP contribution is -2.17. The summed E-state index contributed by atoms with van der Waals surface area (Å²) in [5.74, 6) is -0.577. The van der Waals surface area contributed by atoms with Crippen LogP contribution in [0.3, 0.4) is 0 Å². The van der Waals surface area contributed by atoms with Crippen LogP contribution in [0.4, 0.5) is 4.39 Å². The number of halogens is 2. The second kappa shape index (κ2) is 7.98. The van der Waals surface area contributed by atoms with E-state index in [0.29, 0.717) is 21.9 Å². The maximum Gasteiger partial charge on any atom is 0.279 e. The van der Waals surface area contributed by atoms with E-state index >= 15 is 0 Å². The van der Waals surface area contributed by atoms with Crippen molar-refractivity contribution >= 4 is 28.8 Å². The van der Waals surface area contributed by atoms with Crippen LogP contribution in [0.1, 0.15) is 29.1 Å². The molecule has 1 amide bonds. The summed E-state index contributed by atoms with van der Waals surface area (Å²) in [5, 5.41) is 0.577. The number of aryl methyl sites for hydroxylation is 1. The molecule has 0 spiro atoms. The van der Waals surface area contributed by atoms with Crippen molar-refractivity contribution in [3.63, 3.8) is 0 Å². The first-order valence-electron chi connectivity index (χ1n) is 8.36. The van der Waals surface area contributed by atoms with Crippen LogP contribution in [-0.2, 0) is 13.0 Å². The Bertz CT molecular complexity index is 988. The fourth-order valence-corrected chi connectivity index (χ4v) is 4.02. The summed E-state index contributed by atoms with van der Waals surface area (Å²) in [6, 6.07) is 13.1. The van der Waals surface area contributed by atoms with Crippen molar-refractivity contribution in [3.05, 3.63) is 74.6 Å². The van der Waals surface area contributed by atoms with E-state index in [1.54, 1.807) is 36.4 Å². The van der Waals surface area contributed by atoms with Crippen LogP contribution < -0.4 is 4.80 Å². The monoisotopic (exact) mass is 388 g/mol. The van der Waals surface area contributed by atoms with Crippen LogP contribution >= 0.6 is 22.9 Å². The van der Waals surface area contributed by atoms with Gasteiger partial charge < -0.3 is 4.57 Å². The quantitative estimate of drug-likeness (QED) is 0.594. The average molecular weight is 389 g/mol. The normalized spacial score (nSPS) is 11.8. The molecule has 0 aliphatic carbocycles. The Morgan fingerprint density at radius 2 is 1.77 bits per heavy atom. The van der Waals surface area contributed by atoms with Crippen molar-refractivity contribution in [2.45, 2.75) is 26.8 Å². The van der Waals surface area contributed by atoms with Crippen molar-refractivity contribution in [1.82, 2.24) is 4.57 Å². The minimum absolute atomic E-state index is 0.270. The molecule has 1 aromatic heterocycles. The van der Waals surface area contributed by atoms with Gasteiger partial charge in [0.2, 0.25) is 0 Å². The molecule has 2 aromatic carbocycles. The van der Waals surface area contributed by atoms with Crippen LogP contribution in [0.25, 0.3) is 11.3 Å². The topological polar surface area (TPSA) is 34.4 Å². The highest BCUT2D eigenvalue weighted by molar-refractivity contribution is 7.09. The minimum Gasteiger partial charge on any atom is -0.316 e. The molecule has 0 unspecified atom stereocenters. The van der Waals surface area contributed by atoms with E-state index < -0.39 is 0 Å². The lowest BCUT2D eigenvalue weighted by Gasteiger charge is -2.08. The van der Waals surface area contributed by atoms with Crippen LogP contribution in [0.15, 0.2) is 53.5 Å². The molecule has 0 radical (unpaired) electrons. The highest BCUT2D eigenvalue weighted by Crippen LogP contribution is 2.27. The van der Waals surface area contributed by atoms with Crippen molar-refractivity contribution in [1.29, 1.82) is 0 Å². The lowest BCUT2D eigenvalue weighted by molar-refractivity contribution is 0.0998. The number of benzene rings is 2. The summed E-state index contributed by atoms with van der Waals surface area (Å²) in [5.41, 5.74) is 2.40. The molecule has 0 N–H and O–H groups in total. The highest BCUT2D eigenvalue weighted by atomic mass is 35.5. The van der Waals surface area contributed by atoms with Gasteiger partial charge in [0.15, 0.2) is 4.80 Å². The number of thiazole rings is 1. The fourth-order valence-electron chi connectivity index (χ4n) is 2.74. The van der Waals surface area contributed by atoms with Gasteiger partial charge in [-0.15, -0.1) is 11.3 Å². The second-order valence-electron chi connectivity index (χ2n) is 5.68. The molecule has 1 heterocycles. The van der Waals surface area contributed by atoms with Crippen LogP contribution in [0.5, 0.6) is 0 Å². The van der Waals surface area contributed by atoms with Gasteiger partial charge >= 0.3 is 0 Å². The first-order chi connectivity index (χ1) is 12.5. The Hall–Kier alpha value is -2.24. The van der Waals surface area contributed by atoms with E-state index in [9.17, 15) is 9.18 Å². The Morgan fingerprint density at radius 3 is 2.35 bits per heavy atom. The molecule has 134 valence electrons. The average Bonchev–Trinajstić information content (AvgIpc) is 3.00. The molecule has 0 atom stereocenters. The first-order valence-corrected chi connectivity index (χ1v) is 9.56. The third-order valence-electron chi connectivity index (χ3n) is 4.02. The second-order valence-corrected chi connectivity index (χ2v) is 7.18. The van der Waals surface area contributed by atoms with E-state index in [2.05, 4.69) is 11.9 Å². The summed E-state index contributed by atoms with van der Waals surface area (Å²) in [4.78, 5) is 18.6. The summed E-state index contributed by atoms with van der Waals surface area (Å²) < 4.78 is 15.3. The lowest BCUT2D eigenvalue weighted by atomic mass is 10.1. The number of aromatic nitrogens is 1. The Kier molecular flexibility index (Phi) is 5.69. The van der Waals surface area contributed by atoms with Gasteiger partial charge in [-0.3, -0.25) is 4.79 Å². The van der Waals surface area contributed by atoms with Gasteiger partial charge in [-0.1, -0.05) is 18.5 Å². The Balaban J connectivity index is 2.12. The molecule has 26 heavy (non-hydrogen) atoms. The standard InChI is InChI=1S/C20H18ClFN2OS/c1-3-17-18(13-7-11-16(22)12-8-13)24(4-2)20(26-17)23-19(25)14-5-9-15(21)10-6-14/h5-12H,3-4H2,1-2H3. The largest absolute Gasteiger partial charge is 0.316 e. The number of hydrogen-bond acceptors (Lipinski definition) is 2. The molecule has 6 heteroatoms. The van der Waals surface area contributed by atoms with Crippen LogP contribution in [0, 0.1) is 5.82 Å². The first kappa shape index (κ1) is 18.5. The number of amides is 1. The van der Waals surface area contributed by atoms with E-state index in [4.69, 9.17) is 11.6 Å². The molecule has 0 saturated carbocycles. The highest BCUT2D eigenvalue weighted by Gasteiger charge is 2.15. The zero-order chi connectivity index (χ0) is 18.7. The van der Waals surface area contributed by atoms with Gasteiger partial charge in [0.1, 0.15) is 5.82 Å². The number of rotatable bonds is 4. The molecule has 0 aliphatic heterocycles. The number of carbonyl (C=O) groups is 1. The van der Waals surface area contributed by atoms with E-state index in [0.717, 1.165) is 22.6 Å². The number of carbonyl (C=O) groups excluding carboxylic acids is 1. The molecule has 3 rings (SSSR count). The third kappa shape index (κ3) is 3.79. The molecule has 0 fully saturated rings. The van der Waals surface area contributed by atoms with Crippen LogP contribution in [-0.4, -0.2) is 10.5 Å². The van der Waals surface area contributed by atoms with Gasteiger partial charge in [-0.05, 0) is 67.4 Å². The zero-order valence-corrected chi connectivity index (χ0v) is 16.1. The predicted molar refractivity (Wildman–Crippen MR) is 104 cm³/mol. The number of nitrogens with zero attached hydrogens (tertiary/aromatic N) is 2. The fraction of sp³-hybridized carbons (Fsp3) is 0.200. The van der Waals surface area contributed by atoms with Crippen molar-refractivity contribution < 1.29 is 9.18 Å². The summed E-state index contributed by atoms with van der Waals surface area (Å²) in [6.45, 7) is 4.73. The Labute approximate surface area is 160 Å². The van der Waals surface area contributed by atoms with Gasteiger partial charge in [-0.25, -0.2) is 4.39 Å². The minimum atomic E-state index is -0.307. The maximum atomic E-state index is 13.3. The van der Waals surface area contributed by atoms with E-state index in [1.807, 2.05) is 11.5 Å². The Morgan fingerprint density at radius 1 is 1.12 bits per heavy atom. The molecular formula is C20H18ClFN2OS. The van der Waals surface area contributed by atoms with Gasteiger partial charge in [0.25, 0.3) is 5.91 Å². The third-order valence-corrected chi connectivity index (χ3v) is 5.50. The van der Waals surface area contributed by atoms with Crippen molar-refractivity contribution in [2.75, 3.05) is 0 Å².